The zero-order chi connectivity index (χ0) is 12.0. The molecule has 2 N–H and O–H groups in total. The zero-order valence-electron chi connectivity index (χ0n) is 9.46. The second kappa shape index (κ2) is 6.70. The van der Waals surface area contributed by atoms with Crippen molar-refractivity contribution in [2.45, 2.75) is 12.8 Å². The van der Waals surface area contributed by atoms with E-state index in [1.807, 2.05) is 0 Å². The molecule has 0 radical (unpaired) electrons. The molecular formula is C10H18ClN3O2. The highest BCUT2D eigenvalue weighted by Crippen LogP contribution is 2.12. The second-order valence-electron chi connectivity index (χ2n) is 4.11. The molecule has 1 atom stereocenters. The zero-order valence-corrected chi connectivity index (χ0v) is 10.2. The molecule has 1 saturated heterocycles. The molecule has 1 fully saturated rings. The number of alkyl halides is 1. The molecule has 16 heavy (non-hydrogen) atoms. The highest BCUT2D eigenvalue weighted by atomic mass is 35.5. The molecule has 5 nitrogen and oxygen atoms in total. The van der Waals surface area contributed by atoms with Gasteiger partial charge in [0.2, 0.25) is 5.91 Å². The standard InChI is InChI=1S/C10H18ClN3O2/c1-14-5-3-8(7-14)6-12-10(16)13-9(15)2-4-11/h8H,2-7H2,1H3,(H2,12,13,15,16). The number of likely N-dealkylation sites (tertiary alicyclic amines) is 1. The van der Waals surface area contributed by atoms with E-state index in [-0.39, 0.29) is 18.2 Å². The summed E-state index contributed by atoms with van der Waals surface area (Å²) in [4.78, 5) is 24.5. The van der Waals surface area contributed by atoms with Crippen LogP contribution in [0.4, 0.5) is 4.79 Å². The van der Waals surface area contributed by atoms with Crippen LogP contribution in [0.5, 0.6) is 0 Å². The van der Waals surface area contributed by atoms with E-state index < -0.39 is 6.03 Å². The number of urea groups is 1. The van der Waals surface area contributed by atoms with E-state index in [2.05, 4.69) is 22.6 Å². The first-order chi connectivity index (χ1) is 7.61. The molecule has 6 heteroatoms. The molecule has 0 saturated carbocycles. The third-order valence-electron chi connectivity index (χ3n) is 2.61. The Morgan fingerprint density at radius 2 is 2.25 bits per heavy atom. The summed E-state index contributed by atoms with van der Waals surface area (Å²) in [6.45, 7) is 2.68. The van der Waals surface area contributed by atoms with Gasteiger partial charge < -0.3 is 10.2 Å². The number of rotatable bonds is 4. The molecular weight excluding hydrogens is 230 g/mol. The average molecular weight is 248 g/mol. The van der Waals surface area contributed by atoms with Crippen LogP contribution in [0.25, 0.3) is 0 Å². The van der Waals surface area contributed by atoms with Gasteiger partial charge in [-0.25, -0.2) is 4.79 Å². The molecule has 1 unspecified atom stereocenters. The lowest BCUT2D eigenvalue weighted by atomic mass is 10.1. The topological polar surface area (TPSA) is 61.4 Å². The highest BCUT2D eigenvalue weighted by molar-refractivity contribution is 6.19. The van der Waals surface area contributed by atoms with Crippen LogP contribution in [-0.4, -0.2) is 49.4 Å². The quantitative estimate of drug-likeness (QED) is 0.707. The van der Waals surface area contributed by atoms with Gasteiger partial charge >= 0.3 is 6.03 Å². The minimum absolute atomic E-state index is 0.168. The van der Waals surface area contributed by atoms with Gasteiger partial charge in [-0.3, -0.25) is 10.1 Å². The molecule has 0 aromatic carbocycles. The van der Waals surface area contributed by atoms with Crippen LogP contribution in [0, 0.1) is 5.92 Å². The Bertz CT molecular complexity index is 260. The predicted octanol–water partition coefficient (Wildman–Crippen LogP) is 0.393. The van der Waals surface area contributed by atoms with Gasteiger partial charge in [-0.1, -0.05) is 0 Å². The van der Waals surface area contributed by atoms with Crippen molar-refractivity contribution in [1.82, 2.24) is 15.5 Å². The third-order valence-corrected chi connectivity index (χ3v) is 2.80. The number of nitrogens with one attached hydrogen (secondary N) is 2. The maximum atomic E-state index is 11.3. The number of hydrogen-bond donors (Lipinski definition) is 2. The average Bonchev–Trinajstić information content (AvgIpc) is 2.61. The number of nitrogens with zero attached hydrogens (tertiary/aromatic N) is 1. The van der Waals surface area contributed by atoms with Crippen LogP contribution in [0.2, 0.25) is 0 Å². The molecule has 0 bridgehead atoms. The van der Waals surface area contributed by atoms with Crippen LogP contribution < -0.4 is 10.6 Å². The highest BCUT2D eigenvalue weighted by Gasteiger charge is 2.19. The van der Waals surface area contributed by atoms with Crippen molar-refractivity contribution >= 4 is 23.5 Å². The van der Waals surface area contributed by atoms with E-state index in [1.54, 1.807) is 0 Å². The van der Waals surface area contributed by atoms with Gasteiger partial charge in [0.05, 0.1) is 0 Å². The molecule has 0 aromatic heterocycles. The molecule has 1 heterocycles. The van der Waals surface area contributed by atoms with Crippen molar-refractivity contribution in [3.63, 3.8) is 0 Å². The largest absolute Gasteiger partial charge is 0.337 e. The first-order valence-electron chi connectivity index (χ1n) is 5.44. The van der Waals surface area contributed by atoms with Gasteiger partial charge in [0, 0.05) is 25.4 Å². The molecule has 92 valence electrons. The number of hydrogen-bond acceptors (Lipinski definition) is 3. The minimum atomic E-state index is -0.426. The van der Waals surface area contributed by atoms with Gasteiger partial charge in [0.15, 0.2) is 0 Å². The number of carbonyl (C=O) groups is 2. The first-order valence-corrected chi connectivity index (χ1v) is 5.97. The Kier molecular flexibility index (Phi) is 5.55. The van der Waals surface area contributed by atoms with Crippen molar-refractivity contribution in [2.24, 2.45) is 5.92 Å². The maximum Gasteiger partial charge on any atom is 0.321 e. The molecule has 1 aliphatic heterocycles. The summed E-state index contributed by atoms with van der Waals surface area (Å²) in [5, 5.41) is 4.92. The van der Waals surface area contributed by atoms with Crippen LogP contribution in [0.15, 0.2) is 0 Å². The van der Waals surface area contributed by atoms with Crippen molar-refractivity contribution < 1.29 is 9.59 Å². The summed E-state index contributed by atoms with van der Waals surface area (Å²) in [7, 11) is 2.06. The van der Waals surface area contributed by atoms with Gasteiger partial charge in [0.25, 0.3) is 0 Å². The Labute approximate surface area is 101 Å². The van der Waals surface area contributed by atoms with E-state index in [0.717, 1.165) is 19.5 Å². The Hall–Kier alpha value is -0.810. The maximum absolute atomic E-state index is 11.3. The Balaban J connectivity index is 2.12. The third kappa shape index (κ3) is 4.81. The summed E-state index contributed by atoms with van der Waals surface area (Å²) in [5.74, 6) is 0.377. The predicted molar refractivity (Wildman–Crippen MR) is 62.5 cm³/mol. The van der Waals surface area contributed by atoms with Gasteiger partial charge in [-0.05, 0) is 25.9 Å². The summed E-state index contributed by atoms with van der Waals surface area (Å²) in [5.41, 5.74) is 0. The van der Waals surface area contributed by atoms with Crippen LogP contribution in [-0.2, 0) is 4.79 Å². The molecule has 3 amide bonds. The fourth-order valence-electron chi connectivity index (χ4n) is 1.75. The Morgan fingerprint density at radius 1 is 1.50 bits per heavy atom. The summed E-state index contributed by atoms with van der Waals surface area (Å²) >= 11 is 5.38. The van der Waals surface area contributed by atoms with Gasteiger partial charge in [0.1, 0.15) is 0 Å². The smallest absolute Gasteiger partial charge is 0.321 e. The van der Waals surface area contributed by atoms with E-state index in [9.17, 15) is 9.59 Å². The molecule has 1 aliphatic rings. The SMILES string of the molecule is CN1CCC(CNC(=O)NC(=O)CCCl)C1. The van der Waals surface area contributed by atoms with E-state index in [0.29, 0.717) is 12.5 Å². The lowest BCUT2D eigenvalue weighted by Gasteiger charge is -2.11. The summed E-state index contributed by atoms with van der Waals surface area (Å²) in [6, 6.07) is -0.426. The van der Waals surface area contributed by atoms with Gasteiger partial charge in [-0.15, -0.1) is 11.6 Å². The molecule has 0 spiro atoms. The molecule has 0 aliphatic carbocycles. The van der Waals surface area contributed by atoms with E-state index in [4.69, 9.17) is 11.6 Å². The normalized spacial score (nSPS) is 20.8. The van der Waals surface area contributed by atoms with Crippen LogP contribution in [0.1, 0.15) is 12.8 Å². The lowest BCUT2D eigenvalue weighted by molar-refractivity contribution is -0.119. The van der Waals surface area contributed by atoms with Crippen molar-refractivity contribution in [2.75, 3.05) is 32.6 Å². The van der Waals surface area contributed by atoms with E-state index in [1.165, 1.54) is 0 Å². The summed E-state index contributed by atoms with van der Waals surface area (Å²) < 4.78 is 0. The monoisotopic (exact) mass is 247 g/mol. The number of amides is 3. The van der Waals surface area contributed by atoms with Crippen LogP contribution >= 0.6 is 11.6 Å². The number of carbonyl (C=O) groups excluding carboxylic acids is 2. The van der Waals surface area contributed by atoms with Crippen LogP contribution in [0.3, 0.4) is 0 Å². The number of halogens is 1. The van der Waals surface area contributed by atoms with Gasteiger partial charge in [-0.2, -0.15) is 0 Å². The lowest BCUT2D eigenvalue weighted by Crippen LogP contribution is -2.41. The summed E-state index contributed by atoms with van der Waals surface area (Å²) in [6.07, 6.45) is 1.26. The van der Waals surface area contributed by atoms with Crippen molar-refractivity contribution in [1.29, 1.82) is 0 Å². The minimum Gasteiger partial charge on any atom is -0.337 e. The fraction of sp³-hybridized carbons (Fsp3) is 0.800. The van der Waals surface area contributed by atoms with Crippen molar-refractivity contribution in [3.05, 3.63) is 0 Å². The van der Waals surface area contributed by atoms with E-state index >= 15 is 0 Å². The molecule has 1 rings (SSSR count). The number of imide groups is 1. The second-order valence-corrected chi connectivity index (χ2v) is 4.49. The fourth-order valence-corrected chi connectivity index (χ4v) is 1.92. The Morgan fingerprint density at radius 3 is 2.81 bits per heavy atom. The van der Waals surface area contributed by atoms with Crippen molar-refractivity contribution in [3.8, 4) is 0 Å². The molecule has 0 aromatic rings. The first kappa shape index (κ1) is 13.3.